The van der Waals surface area contributed by atoms with Crippen LogP contribution in [0.15, 0.2) is 0 Å². The van der Waals surface area contributed by atoms with E-state index in [1.54, 1.807) is 0 Å². The molecule has 0 aromatic carbocycles. The molecule has 1 saturated carbocycles. The van der Waals surface area contributed by atoms with Crippen LogP contribution < -0.4 is 5.32 Å². The second-order valence-electron chi connectivity index (χ2n) is 5.80. The van der Waals surface area contributed by atoms with Gasteiger partial charge in [-0.25, -0.2) is 0 Å². The van der Waals surface area contributed by atoms with Crippen molar-refractivity contribution in [1.82, 2.24) is 10.2 Å². The Labute approximate surface area is 121 Å². The number of rotatable bonds is 5. The Morgan fingerprint density at radius 3 is 2.68 bits per heavy atom. The zero-order valence-electron chi connectivity index (χ0n) is 12.5. The van der Waals surface area contributed by atoms with E-state index < -0.39 is 0 Å². The summed E-state index contributed by atoms with van der Waals surface area (Å²) in [6.45, 7) is 4.31. The number of carbonyl (C=O) groups excluding carboxylic acids is 1. The molecule has 1 saturated heterocycles. The second-order valence-corrected chi connectivity index (χ2v) is 6.88. The quantitative estimate of drug-likeness (QED) is 0.842. The third-order valence-electron chi connectivity index (χ3n) is 4.58. The minimum Gasteiger partial charge on any atom is -0.322 e. The number of amides is 1. The minimum atomic E-state index is 0.0565. The summed E-state index contributed by atoms with van der Waals surface area (Å²) >= 11 is 1.95. The van der Waals surface area contributed by atoms with Crippen molar-refractivity contribution in [3.05, 3.63) is 0 Å². The van der Waals surface area contributed by atoms with Crippen LogP contribution in [-0.2, 0) is 4.79 Å². The Balaban J connectivity index is 2.15. The largest absolute Gasteiger partial charge is 0.322 e. The molecule has 1 heterocycles. The van der Waals surface area contributed by atoms with Crippen LogP contribution in [0.25, 0.3) is 0 Å². The molecule has 4 heteroatoms. The molecule has 19 heavy (non-hydrogen) atoms. The van der Waals surface area contributed by atoms with E-state index in [9.17, 15) is 4.79 Å². The number of nitrogens with zero attached hydrogens (tertiary/aromatic N) is 1. The lowest BCUT2D eigenvalue weighted by atomic mass is 9.93. The molecule has 1 amide bonds. The number of thioether (sulfide) groups is 1. The van der Waals surface area contributed by atoms with E-state index in [0.29, 0.717) is 17.2 Å². The van der Waals surface area contributed by atoms with E-state index in [2.05, 4.69) is 30.3 Å². The van der Waals surface area contributed by atoms with E-state index >= 15 is 0 Å². The summed E-state index contributed by atoms with van der Waals surface area (Å²) in [7, 11) is 0. The van der Waals surface area contributed by atoms with Crippen LogP contribution in [0.5, 0.6) is 0 Å². The first-order valence-corrected chi connectivity index (χ1v) is 9.12. The van der Waals surface area contributed by atoms with Crippen molar-refractivity contribution in [2.75, 3.05) is 6.26 Å². The lowest BCUT2D eigenvalue weighted by molar-refractivity contribution is -0.132. The number of nitrogens with one attached hydrogen (secondary N) is 1. The highest BCUT2D eigenvalue weighted by atomic mass is 32.2. The van der Waals surface area contributed by atoms with Crippen LogP contribution in [0, 0.1) is 0 Å². The molecule has 4 atom stereocenters. The van der Waals surface area contributed by atoms with Crippen LogP contribution in [0.3, 0.4) is 0 Å². The van der Waals surface area contributed by atoms with Crippen molar-refractivity contribution in [2.45, 2.75) is 82.3 Å². The van der Waals surface area contributed by atoms with Gasteiger partial charge in [-0.15, -0.1) is 0 Å². The summed E-state index contributed by atoms with van der Waals surface area (Å²) in [6, 6.07) is 0.512. The molecular formula is C15H28N2OS. The van der Waals surface area contributed by atoms with Crippen molar-refractivity contribution < 1.29 is 4.79 Å². The Kier molecular flexibility index (Phi) is 5.58. The molecule has 0 radical (unpaired) electrons. The monoisotopic (exact) mass is 284 g/mol. The normalized spacial score (nSPS) is 35.9. The average Bonchev–Trinajstić information content (AvgIpc) is 2.75. The van der Waals surface area contributed by atoms with Gasteiger partial charge in [-0.1, -0.05) is 33.1 Å². The fraction of sp³-hybridized carbons (Fsp3) is 0.933. The molecule has 1 aliphatic heterocycles. The third kappa shape index (κ3) is 3.10. The van der Waals surface area contributed by atoms with Gasteiger partial charge in [0.2, 0.25) is 5.91 Å². The van der Waals surface area contributed by atoms with Crippen molar-refractivity contribution in [1.29, 1.82) is 0 Å². The maximum absolute atomic E-state index is 12.6. The molecule has 2 aliphatic rings. The molecule has 2 rings (SSSR count). The summed E-state index contributed by atoms with van der Waals surface area (Å²) in [5.41, 5.74) is 0. The first-order chi connectivity index (χ1) is 9.22. The summed E-state index contributed by atoms with van der Waals surface area (Å²) in [5, 5.41) is 4.18. The van der Waals surface area contributed by atoms with Crippen LogP contribution in [0.4, 0.5) is 0 Å². The molecule has 3 nitrogen and oxygen atoms in total. The van der Waals surface area contributed by atoms with Crippen LogP contribution >= 0.6 is 11.8 Å². The van der Waals surface area contributed by atoms with Gasteiger partial charge in [0.1, 0.15) is 0 Å². The zero-order valence-corrected chi connectivity index (χ0v) is 13.3. The number of carbonyl (C=O) groups is 1. The van der Waals surface area contributed by atoms with Gasteiger partial charge in [0.25, 0.3) is 0 Å². The highest BCUT2D eigenvalue weighted by Gasteiger charge is 2.43. The maximum atomic E-state index is 12.6. The molecule has 2 fully saturated rings. The summed E-state index contributed by atoms with van der Waals surface area (Å²) in [5.74, 6) is 0.354. The van der Waals surface area contributed by atoms with Crippen molar-refractivity contribution in [3.8, 4) is 0 Å². The Morgan fingerprint density at radius 1 is 1.32 bits per heavy atom. The minimum absolute atomic E-state index is 0.0565. The fourth-order valence-corrected chi connectivity index (χ4v) is 4.55. The van der Waals surface area contributed by atoms with Crippen LogP contribution in [0.2, 0.25) is 0 Å². The smallest absolute Gasteiger partial charge is 0.241 e. The molecule has 0 spiro atoms. The summed E-state index contributed by atoms with van der Waals surface area (Å²) < 4.78 is 0. The highest BCUT2D eigenvalue weighted by Crippen LogP contribution is 2.34. The van der Waals surface area contributed by atoms with Crippen molar-refractivity contribution >= 4 is 17.7 Å². The van der Waals surface area contributed by atoms with E-state index in [-0.39, 0.29) is 12.2 Å². The van der Waals surface area contributed by atoms with Crippen molar-refractivity contribution in [3.63, 3.8) is 0 Å². The van der Waals surface area contributed by atoms with Gasteiger partial charge in [0, 0.05) is 11.3 Å². The van der Waals surface area contributed by atoms with Gasteiger partial charge in [-0.05, 0) is 31.9 Å². The zero-order chi connectivity index (χ0) is 13.8. The number of hydrogen-bond donors (Lipinski definition) is 1. The van der Waals surface area contributed by atoms with Gasteiger partial charge in [-0.3, -0.25) is 10.1 Å². The van der Waals surface area contributed by atoms with Gasteiger partial charge in [-0.2, -0.15) is 11.8 Å². The Hall–Kier alpha value is -0.220. The maximum Gasteiger partial charge on any atom is 0.241 e. The van der Waals surface area contributed by atoms with Crippen LogP contribution in [-0.4, -0.2) is 40.6 Å². The van der Waals surface area contributed by atoms with Gasteiger partial charge < -0.3 is 4.90 Å². The molecular weight excluding hydrogens is 256 g/mol. The molecule has 0 aromatic heterocycles. The molecule has 4 unspecified atom stereocenters. The molecule has 110 valence electrons. The van der Waals surface area contributed by atoms with Crippen molar-refractivity contribution in [2.24, 2.45) is 0 Å². The lowest BCUT2D eigenvalue weighted by Gasteiger charge is -2.40. The van der Waals surface area contributed by atoms with Gasteiger partial charge >= 0.3 is 0 Å². The van der Waals surface area contributed by atoms with E-state index in [4.69, 9.17) is 0 Å². The SMILES string of the molecule is CCCC1NC(CC)C(=O)N1C1CCCCC1SC. The lowest BCUT2D eigenvalue weighted by Crippen LogP contribution is -2.50. The molecule has 0 bridgehead atoms. The predicted octanol–water partition coefficient (Wildman–Crippen LogP) is 3.00. The van der Waals surface area contributed by atoms with E-state index in [0.717, 1.165) is 19.3 Å². The average molecular weight is 284 g/mol. The fourth-order valence-electron chi connectivity index (χ4n) is 3.57. The van der Waals surface area contributed by atoms with Crippen LogP contribution in [0.1, 0.15) is 58.8 Å². The second kappa shape index (κ2) is 6.98. The molecule has 0 aromatic rings. The Morgan fingerprint density at radius 2 is 2.05 bits per heavy atom. The molecule has 1 N–H and O–H groups in total. The van der Waals surface area contributed by atoms with E-state index in [1.807, 2.05) is 11.8 Å². The molecule has 1 aliphatic carbocycles. The summed E-state index contributed by atoms with van der Waals surface area (Å²) in [4.78, 5) is 14.9. The van der Waals surface area contributed by atoms with E-state index in [1.165, 1.54) is 25.7 Å². The van der Waals surface area contributed by atoms with Gasteiger partial charge in [0.05, 0.1) is 12.2 Å². The number of hydrogen-bond acceptors (Lipinski definition) is 3. The predicted molar refractivity (Wildman–Crippen MR) is 82.3 cm³/mol. The summed E-state index contributed by atoms with van der Waals surface area (Å²) in [6.07, 6.45) is 10.7. The Bertz CT molecular complexity index is 311. The van der Waals surface area contributed by atoms with Gasteiger partial charge in [0.15, 0.2) is 0 Å². The first kappa shape index (κ1) is 15.2. The first-order valence-electron chi connectivity index (χ1n) is 7.83. The topological polar surface area (TPSA) is 32.3 Å². The standard InChI is InChI=1S/C15H28N2OS/c1-4-8-14-16-11(5-2)15(18)17(14)12-9-6-7-10-13(12)19-3/h11-14,16H,4-10H2,1-3H3. The highest BCUT2D eigenvalue weighted by molar-refractivity contribution is 7.99. The third-order valence-corrected chi connectivity index (χ3v) is 5.74.